The van der Waals surface area contributed by atoms with Gasteiger partial charge in [0.1, 0.15) is 0 Å². The largest absolute Gasteiger partial charge is 0.397 e. The minimum atomic E-state index is -0.537. The zero-order valence-corrected chi connectivity index (χ0v) is 11.6. The van der Waals surface area contributed by atoms with Gasteiger partial charge in [0, 0.05) is 18.1 Å². The third-order valence-electron chi connectivity index (χ3n) is 3.24. The number of nitrogens with zero attached hydrogens (tertiary/aromatic N) is 1. The van der Waals surface area contributed by atoms with E-state index in [2.05, 4.69) is 10.3 Å². The molecule has 102 valence electrons. The number of hydrogen-bond donors (Lipinski definition) is 3. The molecule has 0 saturated heterocycles. The van der Waals surface area contributed by atoms with Crippen molar-refractivity contribution in [3.05, 3.63) is 52.9 Å². The van der Waals surface area contributed by atoms with Crippen molar-refractivity contribution in [2.45, 2.75) is 6.10 Å². The van der Waals surface area contributed by atoms with Crippen molar-refractivity contribution in [2.24, 2.45) is 0 Å². The molecule has 0 aliphatic rings. The van der Waals surface area contributed by atoms with E-state index in [4.69, 9.17) is 5.73 Å². The second kappa shape index (κ2) is 5.48. The zero-order valence-electron chi connectivity index (χ0n) is 10.8. The fourth-order valence-electron chi connectivity index (χ4n) is 2.12. The van der Waals surface area contributed by atoms with Gasteiger partial charge in [-0.3, -0.25) is 4.98 Å². The molecule has 1 atom stereocenters. The van der Waals surface area contributed by atoms with Gasteiger partial charge in [-0.2, -0.15) is 11.3 Å². The van der Waals surface area contributed by atoms with E-state index in [9.17, 15) is 5.11 Å². The molecule has 2 aromatic heterocycles. The Kier molecular flexibility index (Phi) is 3.54. The van der Waals surface area contributed by atoms with Crippen LogP contribution in [-0.4, -0.2) is 16.6 Å². The van der Waals surface area contributed by atoms with Gasteiger partial charge in [0.25, 0.3) is 0 Å². The number of aromatic nitrogens is 1. The van der Waals surface area contributed by atoms with Gasteiger partial charge in [-0.25, -0.2) is 0 Å². The molecule has 3 rings (SSSR count). The first kappa shape index (κ1) is 12.9. The summed E-state index contributed by atoms with van der Waals surface area (Å²) in [5.74, 6) is 0. The topological polar surface area (TPSA) is 71.2 Å². The first-order valence-electron chi connectivity index (χ1n) is 6.33. The quantitative estimate of drug-likeness (QED) is 0.644. The van der Waals surface area contributed by atoms with Crippen LogP contribution in [0.1, 0.15) is 11.7 Å². The molecule has 4 N–H and O–H groups in total. The molecule has 4 nitrogen and oxygen atoms in total. The molecule has 0 bridgehead atoms. The van der Waals surface area contributed by atoms with Crippen LogP contribution in [0.4, 0.5) is 11.4 Å². The van der Waals surface area contributed by atoms with Crippen molar-refractivity contribution < 1.29 is 5.11 Å². The Labute approximate surface area is 120 Å². The zero-order chi connectivity index (χ0) is 13.9. The molecule has 0 fully saturated rings. The summed E-state index contributed by atoms with van der Waals surface area (Å²) in [5.41, 5.74) is 9.41. The predicted molar refractivity (Wildman–Crippen MR) is 83.9 cm³/mol. The van der Waals surface area contributed by atoms with Gasteiger partial charge in [0.05, 0.1) is 23.0 Å². The minimum Gasteiger partial charge on any atom is -0.397 e. The molecule has 5 heteroatoms. The van der Waals surface area contributed by atoms with Crippen LogP contribution in [0.5, 0.6) is 0 Å². The van der Waals surface area contributed by atoms with Crippen LogP contribution >= 0.6 is 11.3 Å². The first-order valence-corrected chi connectivity index (χ1v) is 7.27. The van der Waals surface area contributed by atoms with Gasteiger partial charge in [-0.1, -0.05) is 0 Å². The number of aliphatic hydroxyl groups is 1. The monoisotopic (exact) mass is 285 g/mol. The molecular weight excluding hydrogens is 270 g/mol. The number of benzene rings is 1. The van der Waals surface area contributed by atoms with E-state index in [-0.39, 0.29) is 0 Å². The van der Waals surface area contributed by atoms with Gasteiger partial charge in [-0.15, -0.1) is 0 Å². The van der Waals surface area contributed by atoms with Crippen molar-refractivity contribution in [1.82, 2.24) is 4.98 Å². The van der Waals surface area contributed by atoms with Gasteiger partial charge >= 0.3 is 0 Å². The second-order valence-corrected chi connectivity index (χ2v) is 5.33. The average Bonchev–Trinajstić information content (AvgIpc) is 3.01. The van der Waals surface area contributed by atoms with Crippen LogP contribution in [0, 0.1) is 0 Å². The van der Waals surface area contributed by atoms with Crippen LogP contribution < -0.4 is 11.1 Å². The number of nitrogen functional groups attached to an aromatic ring is 1. The van der Waals surface area contributed by atoms with Crippen molar-refractivity contribution in [3.8, 4) is 0 Å². The molecule has 3 aromatic rings. The molecule has 0 radical (unpaired) electrons. The Bertz CT molecular complexity index is 712. The number of nitrogens with one attached hydrogen (secondary N) is 1. The summed E-state index contributed by atoms with van der Waals surface area (Å²) < 4.78 is 0. The van der Waals surface area contributed by atoms with Crippen LogP contribution in [0.2, 0.25) is 0 Å². The standard InChI is InChI=1S/C15H15N3OS/c16-15-11-2-1-6-17-12(11)3-4-13(15)18-8-14(19)10-5-7-20-9-10/h1-7,9,14,18-19H,8,16H2. The van der Waals surface area contributed by atoms with Gasteiger partial charge in [0.15, 0.2) is 0 Å². The van der Waals surface area contributed by atoms with Crippen molar-refractivity contribution in [1.29, 1.82) is 0 Å². The van der Waals surface area contributed by atoms with E-state index in [1.54, 1.807) is 17.5 Å². The van der Waals surface area contributed by atoms with E-state index in [1.807, 2.05) is 41.1 Å². The maximum atomic E-state index is 10.1. The third-order valence-corrected chi connectivity index (χ3v) is 3.94. The van der Waals surface area contributed by atoms with Crippen LogP contribution in [-0.2, 0) is 0 Å². The molecule has 2 heterocycles. The summed E-state index contributed by atoms with van der Waals surface area (Å²) in [6.45, 7) is 0.423. The number of fused-ring (bicyclic) bond motifs is 1. The summed E-state index contributed by atoms with van der Waals surface area (Å²) in [4.78, 5) is 4.26. The number of rotatable bonds is 4. The summed E-state index contributed by atoms with van der Waals surface area (Å²) in [5, 5.41) is 18.1. The Hall–Kier alpha value is -2.11. The second-order valence-electron chi connectivity index (χ2n) is 4.55. The number of anilines is 2. The molecule has 0 aliphatic carbocycles. The fraction of sp³-hybridized carbons (Fsp3) is 0.133. The molecule has 1 unspecified atom stereocenters. The summed E-state index contributed by atoms with van der Waals surface area (Å²) in [6, 6.07) is 9.54. The van der Waals surface area contributed by atoms with E-state index < -0.39 is 6.10 Å². The number of pyridine rings is 1. The lowest BCUT2D eigenvalue weighted by Crippen LogP contribution is -2.12. The summed E-state index contributed by atoms with van der Waals surface area (Å²) >= 11 is 1.57. The van der Waals surface area contributed by atoms with Crippen molar-refractivity contribution >= 4 is 33.6 Å². The Morgan fingerprint density at radius 3 is 3.00 bits per heavy atom. The van der Waals surface area contributed by atoms with Gasteiger partial charge in [-0.05, 0) is 46.7 Å². The van der Waals surface area contributed by atoms with Gasteiger partial charge in [0.2, 0.25) is 0 Å². The number of aliphatic hydroxyl groups excluding tert-OH is 1. The van der Waals surface area contributed by atoms with Crippen LogP contribution in [0.15, 0.2) is 47.3 Å². The smallest absolute Gasteiger partial charge is 0.0970 e. The lowest BCUT2D eigenvalue weighted by atomic mass is 10.1. The number of nitrogens with two attached hydrogens (primary N) is 1. The lowest BCUT2D eigenvalue weighted by Gasteiger charge is -2.14. The van der Waals surface area contributed by atoms with E-state index in [0.29, 0.717) is 12.2 Å². The van der Waals surface area contributed by atoms with Crippen LogP contribution in [0.3, 0.4) is 0 Å². The maximum absolute atomic E-state index is 10.1. The van der Waals surface area contributed by atoms with E-state index in [1.165, 1.54) is 0 Å². The number of thiophene rings is 1. The normalized spacial score (nSPS) is 12.4. The molecule has 20 heavy (non-hydrogen) atoms. The van der Waals surface area contributed by atoms with E-state index >= 15 is 0 Å². The summed E-state index contributed by atoms with van der Waals surface area (Å²) in [6.07, 6.45) is 1.21. The molecule has 0 aliphatic heterocycles. The molecule has 0 saturated carbocycles. The maximum Gasteiger partial charge on any atom is 0.0970 e. The summed E-state index contributed by atoms with van der Waals surface area (Å²) in [7, 11) is 0. The highest BCUT2D eigenvalue weighted by molar-refractivity contribution is 7.07. The highest BCUT2D eigenvalue weighted by Crippen LogP contribution is 2.28. The molecule has 0 spiro atoms. The SMILES string of the molecule is Nc1c(NCC(O)c2ccsc2)ccc2ncccc12. The fourth-order valence-corrected chi connectivity index (χ4v) is 2.83. The Morgan fingerprint density at radius 1 is 1.30 bits per heavy atom. The predicted octanol–water partition coefficient (Wildman–Crippen LogP) is 3.02. The molecule has 1 aromatic carbocycles. The minimum absolute atomic E-state index is 0.423. The third kappa shape index (κ3) is 2.45. The van der Waals surface area contributed by atoms with Crippen molar-refractivity contribution in [2.75, 3.05) is 17.6 Å². The molecule has 0 amide bonds. The highest BCUT2D eigenvalue weighted by atomic mass is 32.1. The first-order chi connectivity index (χ1) is 9.75. The molecular formula is C15H15N3OS. The van der Waals surface area contributed by atoms with Crippen molar-refractivity contribution in [3.63, 3.8) is 0 Å². The number of hydrogen-bond acceptors (Lipinski definition) is 5. The Balaban J connectivity index is 1.79. The average molecular weight is 285 g/mol. The lowest BCUT2D eigenvalue weighted by molar-refractivity contribution is 0.192. The van der Waals surface area contributed by atoms with Gasteiger partial charge < -0.3 is 16.2 Å². The van der Waals surface area contributed by atoms with Crippen LogP contribution in [0.25, 0.3) is 10.9 Å². The van der Waals surface area contributed by atoms with E-state index in [0.717, 1.165) is 22.2 Å². The highest BCUT2D eigenvalue weighted by Gasteiger charge is 2.09. The Morgan fingerprint density at radius 2 is 2.20 bits per heavy atom.